The van der Waals surface area contributed by atoms with Gasteiger partial charge < -0.3 is 14.2 Å². The Hall–Kier alpha value is -4.13. The van der Waals surface area contributed by atoms with Gasteiger partial charge in [-0.25, -0.2) is 10.2 Å². The fourth-order valence-electron chi connectivity index (χ4n) is 3.01. The fourth-order valence-corrected chi connectivity index (χ4v) is 3.01. The van der Waals surface area contributed by atoms with Gasteiger partial charge in [0.25, 0.3) is 5.91 Å². The number of aryl methyl sites for hydroxylation is 1. The van der Waals surface area contributed by atoms with Crippen LogP contribution in [0, 0.1) is 6.92 Å². The molecule has 0 atom stereocenters. The minimum absolute atomic E-state index is 0.157. The molecule has 3 rings (SSSR count). The maximum atomic E-state index is 12.4. The number of hydrazone groups is 1. The summed E-state index contributed by atoms with van der Waals surface area (Å²) >= 11 is 0. The minimum atomic E-state index is -0.481. The average molecular weight is 461 g/mol. The van der Waals surface area contributed by atoms with Gasteiger partial charge in [-0.05, 0) is 66.4 Å². The third-order valence-electron chi connectivity index (χ3n) is 5.00. The number of carbonyl (C=O) groups is 2. The Morgan fingerprint density at radius 1 is 0.971 bits per heavy atom. The van der Waals surface area contributed by atoms with Crippen LogP contribution in [0.3, 0.4) is 0 Å². The first-order valence-electron chi connectivity index (χ1n) is 10.9. The Kier molecular flexibility index (Phi) is 8.40. The van der Waals surface area contributed by atoms with Gasteiger partial charge in [-0.1, -0.05) is 43.7 Å². The first-order chi connectivity index (χ1) is 16.4. The van der Waals surface area contributed by atoms with Crippen LogP contribution in [0.4, 0.5) is 0 Å². The van der Waals surface area contributed by atoms with Crippen LogP contribution in [-0.2, 0) is 4.79 Å². The van der Waals surface area contributed by atoms with Crippen LogP contribution in [0.5, 0.6) is 17.2 Å². The van der Waals surface area contributed by atoms with Crippen LogP contribution < -0.4 is 19.6 Å². The Morgan fingerprint density at radius 3 is 2.32 bits per heavy atom. The van der Waals surface area contributed by atoms with Gasteiger partial charge in [0.15, 0.2) is 18.1 Å². The second kappa shape index (κ2) is 11.7. The standard InChI is InChI=1S/C27H28N2O5/c1-18(2)21-10-12-23(13-11-21)33-17-26(30)29-28-16-20-7-14-24(25(15-20)32-4)34-27(31)22-8-5-19(3)6-9-22/h5-16,18H,17H2,1-4H3,(H,29,30)/b28-16-. The number of ether oxygens (including phenoxy) is 3. The van der Waals surface area contributed by atoms with E-state index in [0.717, 1.165) is 5.56 Å². The first kappa shape index (κ1) is 24.5. The lowest BCUT2D eigenvalue weighted by Crippen LogP contribution is -2.24. The molecular weight excluding hydrogens is 432 g/mol. The quantitative estimate of drug-likeness (QED) is 0.213. The number of esters is 1. The lowest BCUT2D eigenvalue weighted by atomic mass is 10.0. The molecule has 7 heteroatoms. The molecule has 176 valence electrons. The van der Waals surface area contributed by atoms with Gasteiger partial charge in [0.05, 0.1) is 18.9 Å². The highest BCUT2D eigenvalue weighted by molar-refractivity contribution is 5.91. The van der Waals surface area contributed by atoms with Crippen molar-refractivity contribution in [3.63, 3.8) is 0 Å². The molecule has 7 nitrogen and oxygen atoms in total. The summed E-state index contributed by atoms with van der Waals surface area (Å²) in [4.78, 5) is 24.4. The van der Waals surface area contributed by atoms with Crippen LogP contribution in [0.1, 0.15) is 46.8 Å². The molecule has 0 aliphatic rings. The zero-order valence-corrected chi connectivity index (χ0v) is 19.7. The van der Waals surface area contributed by atoms with Crippen molar-refractivity contribution in [1.29, 1.82) is 0 Å². The van der Waals surface area contributed by atoms with Crippen LogP contribution >= 0.6 is 0 Å². The molecule has 0 unspecified atom stereocenters. The molecule has 3 aromatic rings. The lowest BCUT2D eigenvalue weighted by molar-refractivity contribution is -0.123. The van der Waals surface area contributed by atoms with Crippen molar-refractivity contribution in [2.45, 2.75) is 26.7 Å². The van der Waals surface area contributed by atoms with E-state index in [9.17, 15) is 9.59 Å². The third kappa shape index (κ3) is 6.93. The zero-order chi connectivity index (χ0) is 24.5. The van der Waals surface area contributed by atoms with Crippen molar-refractivity contribution < 1.29 is 23.8 Å². The molecule has 1 N–H and O–H groups in total. The molecule has 0 aromatic heterocycles. The number of nitrogens with zero attached hydrogens (tertiary/aromatic N) is 1. The number of methoxy groups -OCH3 is 1. The summed E-state index contributed by atoms with van der Waals surface area (Å²) in [5, 5.41) is 3.95. The van der Waals surface area contributed by atoms with Crippen LogP contribution in [0.25, 0.3) is 0 Å². The van der Waals surface area contributed by atoms with Gasteiger partial charge in [0, 0.05) is 0 Å². The highest BCUT2D eigenvalue weighted by Gasteiger charge is 2.13. The largest absolute Gasteiger partial charge is 0.493 e. The van der Waals surface area contributed by atoms with Crippen molar-refractivity contribution in [3.8, 4) is 17.2 Å². The SMILES string of the molecule is COc1cc(/C=N\NC(=O)COc2ccc(C(C)C)cc2)ccc1OC(=O)c1ccc(C)cc1. The number of carbonyl (C=O) groups excluding carboxylic acids is 2. The maximum absolute atomic E-state index is 12.4. The monoisotopic (exact) mass is 460 g/mol. The van der Waals surface area contributed by atoms with E-state index < -0.39 is 5.97 Å². The van der Waals surface area contributed by atoms with E-state index in [2.05, 4.69) is 24.4 Å². The van der Waals surface area contributed by atoms with Gasteiger partial charge in [-0.15, -0.1) is 0 Å². The Bertz CT molecular complexity index is 1150. The van der Waals surface area contributed by atoms with E-state index in [0.29, 0.717) is 28.5 Å². The maximum Gasteiger partial charge on any atom is 0.343 e. The molecule has 0 saturated heterocycles. The molecule has 0 bridgehead atoms. The minimum Gasteiger partial charge on any atom is -0.493 e. The number of rotatable bonds is 9. The van der Waals surface area contributed by atoms with E-state index in [-0.39, 0.29) is 18.3 Å². The number of amides is 1. The van der Waals surface area contributed by atoms with E-state index in [1.165, 1.54) is 18.9 Å². The predicted molar refractivity (Wildman–Crippen MR) is 131 cm³/mol. The smallest absolute Gasteiger partial charge is 0.343 e. The molecule has 0 heterocycles. The summed E-state index contributed by atoms with van der Waals surface area (Å²) in [6.07, 6.45) is 1.46. The summed E-state index contributed by atoms with van der Waals surface area (Å²) in [7, 11) is 1.48. The number of benzene rings is 3. The number of nitrogens with one attached hydrogen (secondary N) is 1. The summed E-state index contributed by atoms with van der Waals surface area (Å²) in [6.45, 7) is 6.01. The fraction of sp³-hybridized carbons (Fsp3) is 0.222. The van der Waals surface area contributed by atoms with Crippen LogP contribution in [0.15, 0.2) is 71.8 Å². The molecular formula is C27H28N2O5. The molecule has 1 amide bonds. The van der Waals surface area contributed by atoms with E-state index in [1.807, 2.05) is 43.3 Å². The highest BCUT2D eigenvalue weighted by Crippen LogP contribution is 2.28. The van der Waals surface area contributed by atoms with E-state index in [4.69, 9.17) is 14.2 Å². The second-order valence-electron chi connectivity index (χ2n) is 7.97. The van der Waals surface area contributed by atoms with Crippen LogP contribution in [0.2, 0.25) is 0 Å². The molecule has 0 radical (unpaired) electrons. The Morgan fingerprint density at radius 2 is 1.68 bits per heavy atom. The molecule has 0 saturated carbocycles. The third-order valence-corrected chi connectivity index (χ3v) is 5.00. The van der Waals surface area contributed by atoms with Gasteiger partial charge in [-0.2, -0.15) is 5.10 Å². The first-order valence-corrected chi connectivity index (χ1v) is 10.9. The number of hydrogen-bond donors (Lipinski definition) is 1. The van der Waals surface area contributed by atoms with Crippen molar-refractivity contribution in [2.75, 3.05) is 13.7 Å². The van der Waals surface area contributed by atoms with E-state index >= 15 is 0 Å². The van der Waals surface area contributed by atoms with Gasteiger partial charge in [-0.3, -0.25) is 4.79 Å². The summed E-state index contributed by atoms with van der Waals surface area (Å²) in [6, 6.07) is 19.7. The zero-order valence-electron chi connectivity index (χ0n) is 19.7. The lowest BCUT2D eigenvalue weighted by Gasteiger charge is -2.10. The van der Waals surface area contributed by atoms with Crippen molar-refractivity contribution in [1.82, 2.24) is 5.43 Å². The van der Waals surface area contributed by atoms with Crippen molar-refractivity contribution in [3.05, 3.63) is 89.0 Å². The summed E-state index contributed by atoms with van der Waals surface area (Å²) in [5.74, 6) is 0.823. The highest BCUT2D eigenvalue weighted by atomic mass is 16.6. The Balaban J connectivity index is 1.53. The number of hydrogen-bond acceptors (Lipinski definition) is 6. The summed E-state index contributed by atoms with van der Waals surface area (Å²) < 4.78 is 16.3. The molecule has 0 spiro atoms. The normalized spacial score (nSPS) is 10.9. The second-order valence-corrected chi connectivity index (χ2v) is 7.97. The van der Waals surface area contributed by atoms with Gasteiger partial charge >= 0.3 is 5.97 Å². The molecule has 0 aliphatic carbocycles. The predicted octanol–water partition coefficient (Wildman–Crippen LogP) is 4.88. The molecule has 3 aromatic carbocycles. The summed E-state index contributed by atoms with van der Waals surface area (Å²) in [5.41, 5.74) is 5.77. The van der Waals surface area contributed by atoms with Gasteiger partial charge in [0.2, 0.25) is 0 Å². The van der Waals surface area contributed by atoms with E-state index in [1.54, 1.807) is 30.3 Å². The van der Waals surface area contributed by atoms with Crippen LogP contribution in [-0.4, -0.2) is 31.8 Å². The topological polar surface area (TPSA) is 86.2 Å². The molecule has 0 fully saturated rings. The van der Waals surface area contributed by atoms with Crippen molar-refractivity contribution in [2.24, 2.45) is 5.10 Å². The molecule has 34 heavy (non-hydrogen) atoms. The Labute approximate surface area is 199 Å². The van der Waals surface area contributed by atoms with Crippen molar-refractivity contribution >= 4 is 18.1 Å². The van der Waals surface area contributed by atoms with Gasteiger partial charge in [0.1, 0.15) is 5.75 Å². The average Bonchev–Trinajstić information content (AvgIpc) is 2.84. The molecule has 0 aliphatic heterocycles.